The summed E-state index contributed by atoms with van der Waals surface area (Å²) in [6.45, 7) is 10.4. The van der Waals surface area contributed by atoms with Crippen LogP contribution >= 0.6 is 0 Å². The van der Waals surface area contributed by atoms with E-state index in [9.17, 15) is 20.1 Å². The van der Waals surface area contributed by atoms with Gasteiger partial charge in [-0.1, -0.05) is 39.8 Å². The fourth-order valence-corrected chi connectivity index (χ4v) is 6.06. The molecule has 5 unspecified atom stereocenters. The first kappa shape index (κ1) is 25.3. The number of rotatable bonds is 1. The second-order valence-corrected chi connectivity index (χ2v) is 10.3. The molecule has 0 aromatic heterocycles. The van der Waals surface area contributed by atoms with Crippen LogP contribution in [0.3, 0.4) is 0 Å². The van der Waals surface area contributed by atoms with Gasteiger partial charge in [-0.2, -0.15) is 0 Å². The lowest BCUT2D eigenvalue weighted by Crippen LogP contribution is -2.64. The number of carbonyl (C=O) groups excluding carboxylic acids is 1. The monoisotopic (exact) mass is 426 g/mol. The van der Waals surface area contributed by atoms with Gasteiger partial charge >= 0.3 is 5.97 Å². The van der Waals surface area contributed by atoms with E-state index in [1.165, 1.54) is 0 Å². The SMILES string of the molecule is CC1COC(=O)C(C)[C@@H](O)C[C@@]2(C)C(CCC3[C@H](O)C(C(C)C)C=C[C@]32O)C1.CO. The van der Waals surface area contributed by atoms with Crippen LogP contribution in [0.25, 0.3) is 0 Å². The van der Waals surface area contributed by atoms with Crippen molar-refractivity contribution in [1.29, 1.82) is 0 Å². The molecule has 1 saturated carbocycles. The molecule has 30 heavy (non-hydrogen) atoms. The van der Waals surface area contributed by atoms with Crippen LogP contribution in [-0.4, -0.2) is 57.9 Å². The van der Waals surface area contributed by atoms with E-state index in [-0.39, 0.29) is 29.6 Å². The molecule has 0 spiro atoms. The molecular formula is C24H42O6. The maximum atomic E-state index is 12.3. The number of ether oxygens (including phenoxy) is 1. The van der Waals surface area contributed by atoms with Crippen LogP contribution in [0.1, 0.15) is 60.3 Å². The molecule has 1 aliphatic heterocycles. The van der Waals surface area contributed by atoms with Gasteiger partial charge in [-0.05, 0) is 50.4 Å². The average molecular weight is 427 g/mol. The number of aliphatic hydroxyl groups excluding tert-OH is 3. The first-order valence-corrected chi connectivity index (χ1v) is 11.4. The average Bonchev–Trinajstić information content (AvgIpc) is 2.69. The molecule has 0 aromatic carbocycles. The highest BCUT2D eigenvalue weighted by Gasteiger charge is 2.61. The summed E-state index contributed by atoms with van der Waals surface area (Å²) >= 11 is 0. The van der Waals surface area contributed by atoms with Crippen LogP contribution in [0.5, 0.6) is 0 Å². The van der Waals surface area contributed by atoms with E-state index in [0.29, 0.717) is 18.9 Å². The Kier molecular flexibility index (Phi) is 8.17. The van der Waals surface area contributed by atoms with Gasteiger partial charge < -0.3 is 25.2 Å². The zero-order valence-corrected chi connectivity index (χ0v) is 19.4. The van der Waals surface area contributed by atoms with E-state index in [1.807, 2.05) is 19.1 Å². The zero-order chi connectivity index (χ0) is 22.9. The fourth-order valence-electron chi connectivity index (χ4n) is 6.06. The lowest BCUT2D eigenvalue weighted by molar-refractivity contribution is -0.201. The van der Waals surface area contributed by atoms with Gasteiger partial charge in [0.25, 0.3) is 0 Å². The Bertz CT molecular complexity index is 619. The summed E-state index contributed by atoms with van der Waals surface area (Å²) in [5, 5.41) is 40.9. The minimum absolute atomic E-state index is 0.0303. The van der Waals surface area contributed by atoms with Crippen LogP contribution in [0.2, 0.25) is 0 Å². The van der Waals surface area contributed by atoms with Crippen LogP contribution < -0.4 is 0 Å². The zero-order valence-electron chi connectivity index (χ0n) is 19.4. The molecule has 1 saturated heterocycles. The van der Waals surface area contributed by atoms with Crippen LogP contribution in [0.4, 0.5) is 0 Å². The van der Waals surface area contributed by atoms with Gasteiger partial charge in [0.05, 0.1) is 30.3 Å². The summed E-state index contributed by atoms with van der Waals surface area (Å²) in [4.78, 5) is 12.3. The van der Waals surface area contributed by atoms with Gasteiger partial charge in [0, 0.05) is 24.4 Å². The molecule has 4 N–H and O–H groups in total. The van der Waals surface area contributed by atoms with Gasteiger partial charge in [-0.3, -0.25) is 4.79 Å². The largest absolute Gasteiger partial charge is 0.465 e. The van der Waals surface area contributed by atoms with Crippen molar-refractivity contribution in [3.05, 3.63) is 12.2 Å². The minimum Gasteiger partial charge on any atom is -0.465 e. The Labute approximate surface area is 181 Å². The number of esters is 1. The Hall–Kier alpha value is -0.950. The molecule has 6 heteroatoms. The molecule has 0 bridgehead atoms. The van der Waals surface area contributed by atoms with E-state index in [0.717, 1.165) is 26.4 Å². The van der Waals surface area contributed by atoms with Crippen molar-refractivity contribution < 1.29 is 30.0 Å². The highest BCUT2D eigenvalue weighted by Crippen LogP contribution is 2.59. The molecule has 3 aliphatic rings. The third kappa shape index (κ3) is 4.34. The third-order valence-corrected chi connectivity index (χ3v) is 8.14. The van der Waals surface area contributed by atoms with Gasteiger partial charge in [-0.15, -0.1) is 0 Å². The summed E-state index contributed by atoms with van der Waals surface area (Å²) in [5.41, 5.74) is -1.81. The summed E-state index contributed by atoms with van der Waals surface area (Å²) in [6.07, 6.45) is 5.22. The number of hydrogen-bond acceptors (Lipinski definition) is 6. The number of aliphatic hydroxyl groups is 4. The Morgan fingerprint density at radius 3 is 2.40 bits per heavy atom. The van der Waals surface area contributed by atoms with Gasteiger partial charge in [0.2, 0.25) is 0 Å². The van der Waals surface area contributed by atoms with Crippen molar-refractivity contribution >= 4 is 5.97 Å². The third-order valence-electron chi connectivity index (χ3n) is 8.14. The van der Waals surface area contributed by atoms with Crippen molar-refractivity contribution in [3.8, 4) is 0 Å². The predicted molar refractivity (Wildman–Crippen MR) is 115 cm³/mol. The lowest BCUT2D eigenvalue weighted by atomic mass is 9.48. The first-order valence-electron chi connectivity index (χ1n) is 11.4. The van der Waals surface area contributed by atoms with Gasteiger partial charge in [0.15, 0.2) is 0 Å². The van der Waals surface area contributed by atoms with Gasteiger partial charge in [0.1, 0.15) is 0 Å². The number of cyclic esters (lactones) is 1. The van der Waals surface area contributed by atoms with Crippen LogP contribution in [0.15, 0.2) is 12.2 Å². The summed E-state index contributed by atoms with van der Waals surface area (Å²) < 4.78 is 5.40. The highest BCUT2D eigenvalue weighted by molar-refractivity contribution is 5.72. The number of hydrogen-bond donors (Lipinski definition) is 4. The Balaban J connectivity index is 0.00000155. The van der Waals surface area contributed by atoms with Crippen molar-refractivity contribution in [1.82, 2.24) is 0 Å². The minimum atomic E-state index is -1.19. The highest BCUT2D eigenvalue weighted by atomic mass is 16.5. The standard InChI is InChI=1S/C23H38O5.CH4O/c1-13(2)17-8-9-23(27)18(20(17)25)7-6-16-10-14(3)12-28-21(26)15(4)19(24)11-22(16,23)5;1-2/h8-9,13-20,24-25,27H,6-7,10-12H2,1-5H3;2H,1H3/t14?,15?,16?,17?,18?,19-,20+,22-,23-;/m0./s1. The Morgan fingerprint density at radius 2 is 1.80 bits per heavy atom. The summed E-state index contributed by atoms with van der Waals surface area (Å²) in [7, 11) is 1.00. The molecule has 0 aromatic rings. The molecular weight excluding hydrogens is 384 g/mol. The maximum absolute atomic E-state index is 12.3. The van der Waals surface area contributed by atoms with E-state index < -0.39 is 29.1 Å². The van der Waals surface area contributed by atoms with Crippen molar-refractivity contribution in [2.45, 2.75) is 78.1 Å². The molecule has 0 radical (unpaired) electrons. The van der Waals surface area contributed by atoms with Crippen LogP contribution in [0, 0.1) is 40.9 Å². The quantitative estimate of drug-likeness (QED) is 0.379. The maximum Gasteiger partial charge on any atom is 0.311 e. The summed E-state index contributed by atoms with van der Waals surface area (Å²) in [5.74, 6) is -0.550. The topological polar surface area (TPSA) is 107 Å². The normalized spacial score (nSPS) is 46.8. The molecule has 2 aliphatic carbocycles. The molecule has 3 rings (SSSR count). The molecule has 0 amide bonds. The van der Waals surface area contributed by atoms with E-state index >= 15 is 0 Å². The molecule has 6 nitrogen and oxygen atoms in total. The van der Waals surface area contributed by atoms with Gasteiger partial charge in [-0.25, -0.2) is 0 Å². The predicted octanol–water partition coefficient (Wildman–Crippen LogP) is 2.53. The summed E-state index contributed by atoms with van der Waals surface area (Å²) in [6, 6.07) is 0. The van der Waals surface area contributed by atoms with Crippen LogP contribution in [-0.2, 0) is 9.53 Å². The second kappa shape index (κ2) is 9.68. The second-order valence-electron chi connectivity index (χ2n) is 10.3. The smallest absolute Gasteiger partial charge is 0.311 e. The number of carbonyl (C=O) groups is 1. The molecule has 1 heterocycles. The fraction of sp³-hybridized carbons (Fsp3) is 0.875. The van der Waals surface area contributed by atoms with E-state index in [4.69, 9.17) is 9.84 Å². The molecule has 9 atom stereocenters. The molecule has 2 fully saturated rings. The lowest BCUT2D eigenvalue weighted by Gasteiger charge is -2.60. The van der Waals surface area contributed by atoms with Crippen molar-refractivity contribution in [2.24, 2.45) is 40.9 Å². The number of fused-ring (bicyclic) bond motifs is 3. The van der Waals surface area contributed by atoms with Crippen molar-refractivity contribution in [3.63, 3.8) is 0 Å². The van der Waals surface area contributed by atoms with Crippen molar-refractivity contribution in [2.75, 3.05) is 13.7 Å². The van der Waals surface area contributed by atoms with E-state index in [1.54, 1.807) is 6.92 Å². The van der Waals surface area contributed by atoms with E-state index in [2.05, 4.69) is 20.8 Å². The Morgan fingerprint density at radius 1 is 1.17 bits per heavy atom. The first-order chi connectivity index (χ1) is 14.0. The molecule has 174 valence electrons.